The van der Waals surface area contributed by atoms with Gasteiger partial charge in [-0.2, -0.15) is 0 Å². The molecule has 2 aliphatic carbocycles. The number of likely N-dealkylation sites (tertiary alicyclic amines) is 1. The van der Waals surface area contributed by atoms with Crippen LogP contribution in [0.4, 0.5) is 0 Å². The third-order valence-electron chi connectivity index (χ3n) is 9.35. The molecule has 3 aliphatic rings. The van der Waals surface area contributed by atoms with Gasteiger partial charge in [0, 0.05) is 30.0 Å². The van der Waals surface area contributed by atoms with Crippen LogP contribution in [-0.2, 0) is 26.7 Å². The molecule has 2 fully saturated rings. The van der Waals surface area contributed by atoms with Crippen LogP contribution in [0, 0.1) is 18.3 Å². The lowest BCUT2D eigenvalue weighted by Crippen LogP contribution is -2.65. The highest BCUT2D eigenvalue weighted by molar-refractivity contribution is 7.89. The Hall–Kier alpha value is -2.38. The first-order valence-corrected chi connectivity index (χ1v) is 14.1. The van der Waals surface area contributed by atoms with Crippen LogP contribution in [0.3, 0.4) is 0 Å². The van der Waals surface area contributed by atoms with Gasteiger partial charge in [-0.05, 0) is 73.8 Å². The van der Waals surface area contributed by atoms with Gasteiger partial charge >= 0.3 is 0 Å². The Morgan fingerprint density at radius 1 is 1.09 bits per heavy atom. The van der Waals surface area contributed by atoms with E-state index in [1.165, 1.54) is 5.56 Å². The van der Waals surface area contributed by atoms with Crippen molar-refractivity contribution in [3.05, 3.63) is 59.2 Å². The van der Waals surface area contributed by atoms with Crippen LogP contribution < -0.4 is 4.72 Å². The summed E-state index contributed by atoms with van der Waals surface area (Å²) in [4.78, 5) is 16.1. The molecular formula is C28H36N2O4S. The molecule has 2 N–H and O–H groups in total. The predicted molar refractivity (Wildman–Crippen MR) is 136 cm³/mol. The molecule has 2 aromatic carbocycles. The summed E-state index contributed by atoms with van der Waals surface area (Å²) in [6, 6.07) is 12.4. The van der Waals surface area contributed by atoms with E-state index < -0.39 is 10.0 Å². The van der Waals surface area contributed by atoms with E-state index in [1.807, 2.05) is 17.9 Å². The molecule has 1 amide bonds. The van der Waals surface area contributed by atoms with Crippen molar-refractivity contribution >= 4 is 15.9 Å². The molecule has 7 heteroatoms. The Kier molecular flexibility index (Phi) is 5.80. The first-order valence-electron chi connectivity index (χ1n) is 12.6. The lowest BCUT2D eigenvalue weighted by molar-refractivity contribution is -0.148. The van der Waals surface area contributed by atoms with Crippen LogP contribution in [-0.4, -0.2) is 43.0 Å². The Balaban J connectivity index is 1.33. The highest BCUT2D eigenvalue weighted by atomic mass is 32.2. The molecule has 0 spiro atoms. The lowest BCUT2D eigenvalue weighted by atomic mass is 9.51. The minimum absolute atomic E-state index is 0.00199. The van der Waals surface area contributed by atoms with Gasteiger partial charge in [0.15, 0.2) is 0 Å². The number of phenolic OH excluding ortho intramolecular Hbond substituents is 1. The van der Waals surface area contributed by atoms with Crippen molar-refractivity contribution in [2.75, 3.05) is 6.54 Å². The van der Waals surface area contributed by atoms with E-state index in [4.69, 9.17) is 0 Å². The largest absolute Gasteiger partial charge is 0.508 e. The van der Waals surface area contributed by atoms with Crippen LogP contribution in [0.2, 0.25) is 0 Å². The number of amides is 1. The minimum atomic E-state index is -3.62. The van der Waals surface area contributed by atoms with Crippen LogP contribution in [0.15, 0.2) is 47.4 Å². The zero-order chi connectivity index (χ0) is 25.2. The maximum atomic E-state index is 13.8. The molecule has 2 bridgehead atoms. The third kappa shape index (κ3) is 3.87. The number of nitrogens with one attached hydrogen (secondary N) is 1. The van der Waals surface area contributed by atoms with E-state index in [1.54, 1.807) is 30.3 Å². The molecule has 188 valence electrons. The molecule has 1 aliphatic heterocycles. The number of sulfonamides is 1. The Morgan fingerprint density at radius 2 is 1.80 bits per heavy atom. The number of fused-ring (bicyclic) bond motifs is 4. The topological polar surface area (TPSA) is 86.7 Å². The number of piperidine rings is 1. The standard InChI is InChI=1S/C28H36N2O4S/c1-18-8-12-21(13-9-18)35(33,34)29-20-11-10-19(16-20)26(32)30-15-14-28(4)23-6-5-7-24(31)22(23)17-25(30)27(28,2)3/h5-9,12-13,19-20,25,29,31H,10-11,14-17H2,1-4H3/t19?,20?,25-,28+/m1/s1. The second-order valence-corrected chi connectivity index (χ2v) is 13.2. The summed E-state index contributed by atoms with van der Waals surface area (Å²) in [6.07, 6.45) is 3.35. The summed E-state index contributed by atoms with van der Waals surface area (Å²) in [5.41, 5.74) is 2.91. The van der Waals surface area contributed by atoms with Crippen LogP contribution in [0.1, 0.15) is 63.1 Å². The third-order valence-corrected chi connectivity index (χ3v) is 10.9. The van der Waals surface area contributed by atoms with Crippen molar-refractivity contribution in [3.8, 4) is 5.75 Å². The highest BCUT2D eigenvalue weighted by Crippen LogP contribution is 2.57. The van der Waals surface area contributed by atoms with Crippen molar-refractivity contribution in [2.45, 2.75) is 82.2 Å². The van der Waals surface area contributed by atoms with Crippen LogP contribution >= 0.6 is 0 Å². The van der Waals surface area contributed by atoms with Crippen molar-refractivity contribution in [3.63, 3.8) is 0 Å². The first-order chi connectivity index (χ1) is 16.4. The fourth-order valence-electron chi connectivity index (χ4n) is 6.74. The highest BCUT2D eigenvalue weighted by Gasteiger charge is 2.57. The quantitative estimate of drug-likeness (QED) is 0.661. The number of hydrogen-bond donors (Lipinski definition) is 2. The molecular weight excluding hydrogens is 460 g/mol. The maximum Gasteiger partial charge on any atom is 0.240 e. The number of benzene rings is 2. The zero-order valence-corrected chi connectivity index (χ0v) is 21.9. The zero-order valence-electron chi connectivity index (χ0n) is 21.0. The van der Waals surface area contributed by atoms with Gasteiger partial charge in [0.25, 0.3) is 0 Å². The molecule has 1 heterocycles. The summed E-state index contributed by atoms with van der Waals surface area (Å²) in [5.74, 6) is 0.252. The number of carbonyl (C=O) groups is 1. The monoisotopic (exact) mass is 496 g/mol. The Morgan fingerprint density at radius 3 is 2.51 bits per heavy atom. The van der Waals surface area contributed by atoms with Gasteiger partial charge in [-0.15, -0.1) is 0 Å². The van der Waals surface area contributed by atoms with Gasteiger partial charge in [0.2, 0.25) is 15.9 Å². The van der Waals surface area contributed by atoms with Crippen LogP contribution in [0.5, 0.6) is 5.75 Å². The second-order valence-electron chi connectivity index (χ2n) is 11.5. The summed E-state index contributed by atoms with van der Waals surface area (Å²) in [6.45, 7) is 9.38. The normalized spacial score (nSPS) is 29.6. The number of aromatic hydroxyl groups is 1. The van der Waals surface area contributed by atoms with Crippen molar-refractivity contribution in [1.29, 1.82) is 0 Å². The number of phenols is 1. The van der Waals surface area contributed by atoms with Crippen molar-refractivity contribution in [1.82, 2.24) is 9.62 Å². The molecule has 0 aromatic heterocycles. The van der Waals surface area contributed by atoms with Gasteiger partial charge in [0.05, 0.1) is 4.90 Å². The van der Waals surface area contributed by atoms with Gasteiger partial charge in [0.1, 0.15) is 5.75 Å². The predicted octanol–water partition coefficient (Wildman–Crippen LogP) is 4.29. The molecule has 0 radical (unpaired) electrons. The molecule has 6 nitrogen and oxygen atoms in total. The number of aryl methyl sites for hydroxylation is 1. The number of nitrogens with zero attached hydrogens (tertiary/aromatic N) is 1. The number of rotatable bonds is 4. The molecule has 5 rings (SSSR count). The fourth-order valence-corrected chi connectivity index (χ4v) is 8.03. The van der Waals surface area contributed by atoms with E-state index >= 15 is 0 Å². The summed E-state index contributed by atoms with van der Waals surface area (Å²) in [7, 11) is -3.62. The van der Waals surface area contributed by atoms with Gasteiger partial charge < -0.3 is 10.0 Å². The van der Waals surface area contributed by atoms with Crippen LogP contribution in [0.25, 0.3) is 0 Å². The van der Waals surface area contributed by atoms with Crippen molar-refractivity contribution < 1.29 is 18.3 Å². The Labute approximate surface area is 208 Å². The van der Waals surface area contributed by atoms with E-state index in [2.05, 4.69) is 31.6 Å². The number of hydrogen-bond acceptors (Lipinski definition) is 4. The maximum absolute atomic E-state index is 13.8. The van der Waals surface area contributed by atoms with E-state index in [9.17, 15) is 18.3 Å². The molecule has 1 saturated carbocycles. The summed E-state index contributed by atoms with van der Waals surface area (Å²) < 4.78 is 28.6. The Bertz CT molecular complexity index is 1250. The van der Waals surface area contributed by atoms with Gasteiger partial charge in [-0.25, -0.2) is 13.1 Å². The van der Waals surface area contributed by atoms with E-state index in [-0.39, 0.29) is 39.6 Å². The SMILES string of the molecule is Cc1ccc(S(=O)(=O)NC2CCC(C(=O)N3CC[C@@]4(C)c5cccc(O)c5C[C@@H]3C4(C)C)C2)cc1. The molecule has 35 heavy (non-hydrogen) atoms. The molecule has 2 aromatic rings. The van der Waals surface area contributed by atoms with Gasteiger partial charge in [-0.3, -0.25) is 4.79 Å². The smallest absolute Gasteiger partial charge is 0.240 e. The fraction of sp³-hybridized carbons (Fsp3) is 0.536. The lowest BCUT2D eigenvalue weighted by Gasteiger charge is -2.61. The second kappa shape index (κ2) is 8.34. The summed E-state index contributed by atoms with van der Waals surface area (Å²) in [5, 5.41) is 10.6. The van der Waals surface area contributed by atoms with E-state index in [0.29, 0.717) is 38.0 Å². The number of carbonyl (C=O) groups excluding carboxylic acids is 1. The molecule has 4 atom stereocenters. The molecule has 2 unspecified atom stereocenters. The van der Waals surface area contributed by atoms with E-state index in [0.717, 1.165) is 17.5 Å². The van der Waals surface area contributed by atoms with Gasteiger partial charge in [-0.1, -0.05) is 50.6 Å². The summed E-state index contributed by atoms with van der Waals surface area (Å²) >= 11 is 0. The van der Waals surface area contributed by atoms with Crippen molar-refractivity contribution in [2.24, 2.45) is 11.3 Å². The molecule has 1 saturated heterocycles. The first kappa shape index (κ1) is 24.3. The minimum Gasteiger partial charge on any atom is -0.508 e. The average molecular weight is 497 g/mol. The average Bonchev–Trinajstić information content (AvgIpc) is 3.24.